The van der Waals surface area contributed by atoms with Crippen LogP contribution in [0.25, 0.3) is 0 Å². The second-order valence-electron chi connectivity index (χ2n) is 4.41. The van der Waals surface area contributed by atoms with Gasteiger partial charge in [0, 0.05) is 18.2 Å². The summed E-state index contributed by atoms with van der Waals surface area (Å²) in [5.74, 6) is 0.908. The van der Waals surface area contributed by atoms with Crippen LogP contribution >= 0.6 is 11.6 Å². The van der Waals surface area contributed by atoms with Crippen LogP contribution < -0.4 is 9.47 Å². The highest BCUT2D eigenvalue weighted by Crippen LogP contribution is 2.34. The van der Waals surface area contributed by atoms with Gasteiger partial charge >= 0.3 is 0 Å². The lowest BCUT2D eigenvalue weighted by atomic mass is 9.99. The maximum absolute atomic E-state index is 12.4. The van der Waals surface area contributed by atoms with Gasteiger partial charge in [-0.15, -0.1) is 0 Å². The molecule has 1 unspecified atom stereocenters. The van der Waals surface area contributed by atoms with Gasteiger partial charge in [-0.1, -0.05) is 11.6 Å². The Balaban J connectivity index is 2.30. The fourth-order valence-corrected chi connectivity index (χ4v) is 2.41. The molecule has 1 aromatic carbocycles. The fraction of sp³-hybridized carbons (Fsp3) is 0.500. The quantitative estimate of drug-likeness (QED) is 0.797. The van der Waals surface area contributed by atoms with E-state index in [0.29, 0.717) is 28.7 Å². The van der Waals surface area contributed by atoms with E-state index in [0.717, 1.165) is 19.3 Å². The summed E-state index contributed by atoms with van der Waals surface area (Å²) in [6, 6.07) is 3.21. The first-order valence-corrected chi connectivity index (χ1v) is 6.62. The summed E-state index contributed by atoms with van der Waals surface area (Å²) >= 11 is 6.14. The van der Waals surface area contributed by atoms with Crippen molar-refractivity contribution >= 4 is 17.4 Å². The Bertz CT molecular complexity index is 467. The van der Waals surface area contributed by atoms with Crippen LogP contribution in [0.5, 0.6) is 11.5 Å². The Hall–Kier alpha value is -1.26. The zero-order chi connectivity index (χ0) is 13.8. The topological polar surface area (TPSA) is 44.8 Å². The van der Waals surface area contributed by atoms with Crippen molar-refractivity contribution in [3.63, 3.8) is 0 Å². The highest BCUT2D eigenvalue weighted by molar-refractivity contribution is 6.34. The van der Waals surface area contributed by atoms with Gasteiger partial charge in [0.2, 0.25) is 0 Å². The smallest absolute Gasteiger partial charge is 0.193 e. The molecule has 0 spiro atoms. The number of carbonyl (C=O) groups is 1. The van der Waals surface area contributed by atoms with Crippen molar-refractivity contribution in [1.29, 1.82) is 0 Å². The van der Waals surface area contributed by atoms with Crippen LogP contribution in [0, 0.1) is 0 Å². The zero-order valence-corrected chi connectivity index (χ0v) is 11.8. The lowest BCUT2D eigenvalue weighted by molar-refractivity contribution is 0.0186. The van der Waals surface area contributed by atoms with Gasteiger partial charge in [-0.3, -0.25) is 4.79 Å². The Morgan fingerprint density at radius 3 is 2.53 bits per heavy atom. The van der Waals surface area contributed by atoms with E-state index in [4.69, 9.17) is 25.8 Å². The van der Waals surface area contributed by atoms with E-state index in [1.165, 1.54) is 14.2 Å². The molecular weight excluding hydrogens is 268 g/mol. The first-order chi connectivity index (χ1) is 9.17. The van der Waals surface area contributed by atoms with Crippen LogP contribution in [0.4, 0.5) is 0 Å². The Kier molecular flexibility index (Phi) is 4.66. The highest BCUT2D eigenvalue weighted by Gasteiger charge is 2.26. The molecular formula is C14H17ClO4. The van der Waals surface area contributed by atoms with E-state index < -0.39 is 6.10 Å². The summed E-state index contributed by atoms with van der Waals surface area (Å²) in [6.45, 7) is 0.626. The number of Topliss-reactive ketones (excluding diaryl/α,β-unsaturated/α-hetero) is 1. The van der Waals surface area contributed by atoms with Crippen molar-refractivity contribution < 1.29 is 19.0 Å². The number of ether oxygens (including phenoxy) is 3. The molecule has 1 saturated heterocycles. The predicted octanol–water partition coefficient (Wildman–Crippen LogP) is 3.11. The van der Waals surface area contributed by atoms with Gasteiger partial charge in [-0.2, -0.15) is 0 Å². The molecule has 0 aliphatic carbocycles. The van der Waals surface area contributed by atoms with E-state index >= 15 is 0 Å². The average molecular weight is 285 g/mol. The Morgan fingerprint density at radius 2 is 1.95 bits per heavy atom. The molecule has 1 atom stereocenters. The molecule has 4 nitrogen and oxygen atoms in total. The molecule has 2 rings (SSSR count). The molecule has 19 heavy (non-hydrogen) atoms. The molecule has 1 aromatic rings. The minimum atomic E-state index is -0.399. The lowest BCUT2D eigenvalue weighted by Gasteiger charge is -2.22. The molecule has 0 aromatic heterocycles. The molecule has 0 radical (unpaired) electrons. The number of benzene rings is 1. The lowest BCUT2D eigenvalue weighted by Crippen LogP contribution is -2.28. The first kappa shape index (κ1) is 14.2. The van der Waals surface area contributed by atoms with Crippen molar-refractivity contribution in [3.8, 4) is 11.5 Å². The van der Waals surface area contributed by atoms with Gasteiger partial charge in [0.15, 0.2) is 17.3 Å². The van der Waals surface area contributed by atoms with Crippen LogP contribution in [0.3, 0.4) is 0 Å². The SMILES string of the molecule is COc1cc(Cl)c(C(=O)C2CCCCO2)cc1OC. The molecule has 1 fully saturated rings. The number of hydrogen-bond acceptors (Lipinski definition) is 4. The minimum Gasteiger partial charge on any atom is -0.493 e. The van der Waals surface area contributed by atoms with Crippen LogP contribution in [0.2, 0.25) is 5.02 Å². The van der Waals surface area contributed by atoms with Crippen LogP contribution in [0.1, 0.15) is 29.6 Å². The first-order valence-electron chi connectivity index (χ1n) is 6.24. The second kappa shape index (κ2) is 6.26. The van der Waals surface area contributed by atoms with E-state index in [1.54, 1.807) is 12.1 Å². The molecule has 1 aliphatic rings. The van der Waals surface area contributed by atoms with Crippen molar-refractivity contribution in [2.75, 3.05) is 20.8 Å². The van der Waals surface area contributed by atoms with Gasteiger partial charge in [-0.25, -0.2) is 0 Å². The number of halogens is 1. The summed E-state index contributed by atoms with van der Waals surface area (Å²) < 4.78 is 15.8. The van der Waals surface area contributed by atoms with Gasteiger partial charge in [-0.05, 0) is 25.3 Å². The third kappa shape index (κ3) is 3.01. The number of hydrogen-bond donors (Lipinski definition) is 0. The summed E-state index contributed by atoms with van der Waals surface area (Å²) in [4.78, 5) is 12.4. The van der Waals surface area contributed by atoms with Crippen molar-refractivity contribution in [2.24, 2.45) is 0 Å². The van der Waals surface area contributed by atoms with Crippen molar-refractivity contribution in [3.05, 3.63) is 22.7 Å². The van der Waals surface area contributed by atoms with E-state index in [-0.39, 0.29) is 5.78 Å². The third-order valence-corrected chi connectivity index (χ3v) is 3.52. The zero-order valence-electron chi connectivity index (χ0n) is 11.1. The maximum atomic E-state index is 12.4. The van der Waals surface area contributed by atoms with E-state index in [1.807, 2.05) is 0 Å². The largest absolute Gasteiger partial charge is 0.493 e. The normalized spacial score (nSPS) is 19.0. The fourth-order valence-electron chi connectivity index (χ4n) is 2.16. The number of carbonyl (C=O) groups excluding carboxylic acids is 1. The molecule has 0 bridgehead atoms. The monoisotopic (exact) mass is 284 g/mol. The number of methoxy groups -OCH3 is 2. The number of rotatable bonds is 4. The van der Waals surface area contributed by atoms with Crippen molar-refractivity contribution in [2.45, 2.75) is 25.4 Å². The van der Waals surface area contributed by atoms with E-state index in [2.05, 4.69) is 0 Å². The molecule has 1 heterocycles. The molecule has 1 aliphatic heterocycles. The predicted molar refractivity (Wildman–Crippen MR) is 72.5 cm³/mol. The van der Waals surface area contributed by atoms with Gasteiger partial charge < -0.3 is 14.2 Å². The molecule has 0 amide bonds. The van der Waals surface area contributed by atoms with E-state index in [9.17, 15) is 4.79 Å². The molecule has 0 saturated carbocycles. The van der Waals surface area contributed by atoms with Crippen LogP contribution in [-0.4, -0.2) is 32.7 Å². The second-order valence-corrected chi connectivity index (χ2v) is 4.81. The molecule has 5 heteroatoms. The Morgan fingerprint density at radius 1 is 1.26 bits per heavy atom. The Labute approximate surface area is 117 Å². The number of ketones is 1. The molecule has 0 N–H and O–H groups in total. The third-order valence-electron chi connectivity index (χ3n) is 3.21. The van der Waals surface area contributed by atoms with Gasteiger partial charge in [0.1, 0.15) is 6.10 Å². The van der Waals surface area contributed by atoms with Gasteiger partial charge in [0.25, 0.3) is 0 Å². The highest BCUT2D eigenvalue weighted by atomic mass is 35.5. The average Bonchev–Trinajstić information content (AvgIpc) is 2.47. The molecule has 104 valence electrons. The van der Waals surface area contributed by atoms with Crippen molar-refractivity contribution in [1.82, 2.24) is 0 Å². The van der Waals surface area contributed by atoms with Gasteiger partial charge in [0.05, 0.1) is 19.2 Å². The van der Waals surface area contributed by atoms with Crippen LogP contribution in [-0.2, 0) is 4.74 Å². The standard InChI is InChI=1S/C14H17ClO4/c1-17-12-7-9(10(15)8-13(12)18-2)14(16)11-5-3-4-6-19-11/h7-8,11H,3-6H2,1-2H3. The summed E-state index contributed by atoms with van der Waals surface area (Å²) in [5.41, 5.74) is 0.422. The maximum Gasteiger partial charge on any atom is 0.193 e. The summed E-state index contributed by atoms with van der Waals surface area (Å²) in [7, 11) is 3.05. The van der Waals surface area contributed by atoms with Crippen LogP contribution in [0.15, 0.2) is 12.1 Å². The minimum absolute atomic E-state index is 0.0920. The summed E-state index contributed by atoms with van der Waals surface area (Å²) in [5, 5.41) is 0.358. The summed E-state index contributed by atoms with van der Waals surface area (Å²) in [6.07, 6.45) is 2.35.